The molecule has 0 aromatic heterocycles. The van der Waals surface area contributed by atoms with Crippen LogP contribution in [0.1, 0.15) is 45.7 Å². The van der Waals surface area contributed by atoms with Crippen molar-refractivity contribution >= 4 is 12.2 Å². The van der Waals surface area contributed by atoms with Crippen molar-refractivity contribution in [3.05, 3.63) is 29.3 Å². The number of halogens is 9. The average molecular weight is 673 g/mol. The number of rotatable bonds is 10. The zero-order valence-electron chi connectivity index (χ0n) is 24.7. The maximum atomic E-state index is 13.5. The van der Waals surface area contributed by atoms with Gasteiger partial charge in [0.2, 0.25) is 6.29 Å². The number of aliphatic hydroxyl groups is 1. The molecule has 10 nitrogen and oxygen atoms in total. The van der Waals surface area contributed by atoms with Gasteiger partial charge in [0.05, 0.1) is 11.7 Å². The first-order chi connectivity index (χ1) is 20.4. The molecular formula is C26H33F9N2O8. The summed E-state index contributed by atoms with van der Waals surface area (Å²) in [5.41, 5.74) is -2.69. The van der Waals surface area contributed by atoms with E-state index in [-0.39, 0.29) is 44.0 Å². The van der Waals surface area contributed by atoms with E-state index < -0.39 is 66.7 Å². The highest BCUT2D eigenvalue weighted by molar-refractivity contribution is 5.68. The van der Waals surface area contributed by atoms with E-state index in [4.69, 9.17) is 18.9 Å². The summed E-state index contributed by atoms with van der Waals surface area (Å²) in [5, 5.41) is 10.6. The molecule has 0 aliphatic carbocycles. The van der Waals surface area contributed by atoms with Gasteiger partial charge in [-0.15, -0.1) is 0 Å². The van der Waals surface area contributed by atoms with Gasteiger partial charge in [-0.2, -0.15) is 39.5 Å². The number of hydrogen-bond acceptors (Lipinski definition) is 9. The minimum absolute atomic E-state index is 0.102. The Morgan fingerprint density at radius 2 is 1.42 bits per heavy atom. The summed E-state index contributed by atoms with van der Waals surface area (Å²) in [6, 6.07) is 2.53. The zero-order chi connectivity index (χ0) is 34.5. The molecular weight excluding hydrogens is 639 g/mol. The highest BCUT2D eigenvalue weighted by atomic mass is 19.4. The Bertz CT molecular complexity index is 1140. The van der Waals surface area contributed by atoms with Gasteiger partial charge in [0.25, 0.3) is 6.10 Å². The molecule has 258 valence electrons. The Hall–Kier alpha value is -3.19. The van der Waals surface area contributed by atoms with Gasteiger partial charge in [0.15, 0.2) is 11.9 Å². The van der Waals surface area contributed by atoms with Crippen molar-refractivity contribution in [1.29, 1.82) is 0 Å². The number of nitrogens with zero attached hydrogens (tertiary/aromatic N) is 2. The quantitative estimate of drug-likeness (QED) is 0.186. The van der Waals surface area contributed by atoms with Crippen LogP contribution in [0.25, 0.3) is 0 Å². The number of carbonyl (C=O) groups excluding carboxylic acids is 2. The lowest BCUT2D eigenvalue weighted by molar-refractivity contribution is -0.308. The van der Waals surface area contributed by atoms with Crippen molar-refractivity contribution in [2.24, 2.45) is 0 Å². The smallest absolute Gasteiger partial charge is 0.482 e. The van der Waals surface area contributed by atoms with Crippen LogP contribution in [0.5, 0.6) is 5.75 Å². The number of alkyl halides is 9. The van der Waals surface area contributed by atoms with Crippen LogP contribution in [0.4, 0.5) is 49.1 Å². The largest absolute Gasteiger partial charge is 0.510 e. The van der Waals surface area contributed by atoms with Crippen LogP contribution in [0.15, 0.2) is 18.2 Å². The molecule has 2 rings (SSSR count). The van der Waals surface area contributed by atoms with E-state index in [1.165, 1.54) is 20.8 Å². The van der Waals surface area contributed by atoms with Gasteiger partial charge < -0.3 is 33.7 Å². The summed E-state index contributed by atoms with van der Waals surface area (Å²) in [5.74, 6) is -0.342. The number of amides is 1. The third kappa shape index (κ3) is 11.6. The number of piperazine rings is 1. The highest BCUT2D eigenvalue weighted by Crippen LogP contribution is 2.37. The second-order valence-corrected chi connectivity index (χ2v) is 10.7. The van der Waals surface area contributed by atoms with Crippen molar-refractivity contribution in [3.8, 4) is 5.75 Å². The van der Waals surface area contributed by atoms with Gasteiger partial charge in [-0.25, -0.2) is 9.59 Å². The molecule has 1 aliphatic heterocycles. The molecule has 1 N–H and O–H groups in total. The van der Waals surface area contributed by atoms with Crippen LogP contribution in [0.3, 0.4) is 0 Å². The molecule has 1 fully saturated rings. The standard InChI is InChI=1S/C26H33F9N2O8/c1-14(2)41-22(40)43-15(3)42-20(38)23(4,5)45-18-12-17(24(27,28)29)7-6-16(18)13-36-8-10-37(11-9-36)21(39)44-19(25(30,31)32)26(33,34)35/h6-7,12,14-15,19-20,38H,8-11,13H2,1-5H3. The third-order valence-electron chi connectivity index (χ3n) is 6.11. The molecule has 0 saturated carbocycles. The fraction of sp³-hybridized carbons (Fsp3) is 0.692. The van der Waals surface area contributed by atoms with E-state index in [0.29, 0.717) is 11.0 Å². The molecule has 1 heterocycles. The normalized spacial score (nSPS) is 16.9. The summed E-state index contributed by atoms with van der Waals surface area (Å²) in [7, 11) is 0. The van der Waals surface area contributed by atoms with Crippen LogP contribution in [-0.4, -0.2) is 96.1 Å². The molecule has 1 amide bonds. The van der Waals surface area contributed by atoms with Gasteiger partial charge >= 0.3 is 30.8 Å². The van der Waals surface area contributed by atoms with Crippen molar-refractivity contribution in [3.63, 3.8) is 0 Å². The summed E-state index contributed by atoms with van der Waals surface area (Å²) < 4.78 is 141. The number of aliphatic hydroxyl groups excluding tert-OH is 1. The fourth-order valence-corrected chi connectivity index (χ4v) is 3.84. The number of carbonyl (C=O) groups is 2. The number of ether oxygens (including phenoxy) is 5. The molecule has 1 aliphatic rings. The van der Waals surface area contributed by atoms with Gasteiger partial charge in [0, 0.05) is 38.3 Å². The topological polar surface area (TPSA) is 107 Å². The van der Waals surface area contributed by atoms with Crippen LogP contribution in [0, 0.1) is 0 Å². The molecule has 2 atom stereocenters. The SMILES string of the molecule is CC(C)OC(=O)OC(C)OC(O)C(C)(C)Oc1cc(C(F)(F)F)ccc1CN1CCN(C(=O)OC(C(F)(F)F)C(F)(F)F)CC1. The van der Waals surface area contributed by atoms with E-state index in [1.807, 2.05) is 0 Å². The second kappa shape index (κ2) is 14.5. The predicted octanol–water partition coefficient (Wildman–Crippen LogP) is 5.85. The maximum absolute atomic E-state index is 13.5. The molecule has 0 spiro atoms. The summed E-state index contributed by atoms with van der Waals surface area (Å²) in [6.45, 7) is 5.88. The van der Waals surface area contributed by atoms with Crippen molar-refractivity contribution in [2.75, 3.05) is 26.2 Å². The first-order valence-electron chi connectivity index (χ1n) is 13.3. The van der Waals surface area contributed by atoms with E-state index >= 15 is 0 Å². The van der Waals surface area contributed by atoms with Crippen LogP contribution in [0.2, 0.25) is 0 Å². The average Bonchev–Trinajstić information content (AvgIpc) is 2.85. The molecule has 19 heteroatoms. The van der Waals surface area contributed by atoms with Crippen LogP contribution < -0.4 is 4.74 Å². The summed E-state index contributed by atoms with van der Waals surface area (Å²) in [6.07, 6.45) is -27.5. The third-order valence-corrected chi connectivity index (χ3v) is 6.11. The van der Waals surface area contributed by atoms with E-state index in [1.54, 1.807) is 18.7 Å². The minimum atomic E-state index is -5.88. The molecule has 2 unspecified atom stereocenters. The lowest BCUT2D eigenvalue weighted by atomic mass is 10.1. The molecule has 0 radical (unpaired) electrons. The molecule has 0 bridgehead atoms. The van der Waals surface area contributed by atoms with Crippen LogP contribution in [-0.2, 0) is 31.7 Å². The van der Waals surface area contributed by atoms with Gasteiger partial charge in [-0.1, -0.05) is 6.07 Å². The first-order valence-corrected chi connectivity index (χ1v) is 13.3. The lowest BCUT2D eigenvalue weighted by Gasteiger charge is -2.36. The van der Waals surface area contributed by atoms with Crippen LogP contribution >= 0.6 is 0 Å². The van der Waals surface area contributed by atoms with Crippen molar-refractivity contribution in [2.45, 2.75) is 90.1 Å². The van der Waals surface area contributed by atoms with Crippen molar-refractivity contribution in [1.82, 2.24) is 9.80 Å². The Labute approximate surface area is 251 Å². The summed E-state index contributed by atoms with van der Waals surface area (Å²) in [4.78, 5) is 25.9. The Morgan fingerprint density at radius 3 is 1.91 bits per heavy atom. The van der Waals surface area contributed by atoms with E-state index in [0.717, 1.165) is 12.1 Å². The Morgan fingerprint density at radius 1 is 0.867 bits per heavy atom. The maximum Gasteiger partial charge on any atom is 0.510 e. The zero-order valence-corrected chi connectivity index (χ0v) is 24.7. The van der Waals surface area contributed by atoms with Gasteiger partial charge in [-0.3, -0.25) is 4.90 Å². The Kier molecular flexibility index (Phi) is 12.2. The van der Waals surface area contributed by atoms with Gasteiger partial charge in [-0.05, 0) is 46.8 Å². The summed E-state index contributed by atoms with van der Waals surface area (Å²) >= 11 is 0. The number of benzene rings is 1. The lowest BCUT2D eigenvalue weighted by Crippen LogP contribution is -2.52. The Balaban J connectivity index is 2.14. The molecule has 1 saturated heterocycles. The molecule has 45 heavy (non-hydrogen) atoms. The highest BCUT2D eigenvalue weighted by Gasteiger charge is 2.60. The minimum Gasteiger partial charge on any atom is -0.482 e. The number of hydrogen-bond donors (Lipinski definition) is 1. The fourth-order valence-electron chi connectivity index (χ4n) is 3.84. The monoisotopic (exact) mass is 672 g/mol. The van der Waals surface area contributed by atoms with E-state index in [2.05, 4.69) is 4.74 Å². The predicted molar refractivity (Wildman–Crippen MR) is 135 cm³/mol. The van der Waals surface area contributed by atoms with Gasteiger partial charge in [0.1, 0.15) is 5.75 Å². The first kappa shape index (κ1) is 38.0. The van der Waals surface area contributed by atoms with E-state index in [9.17, 15) is 54.2 Å². The second-order valence-electron chi connectivity index (χ2n) is 10.7. The molecule has 1 aromatic rings. The molecule has 1 aromatic carbocycles. The van der Waals surface area contributed by atoms with Crippen molar-refractivity contribution < 1.29 is 77.9 Å².